The summed E-state index contributed by atoms with van der Waals surface area (Å²) in [6.45, 7) is 5.22. The predicted molar refractivity (Wildman–Crippen MR) is 71.1 cm³/mol. The second-order valence-corrected chi connectivity index (χ2v) is 4.93. The highest BCUT2D eigenvalue weighted by atomic mass is 16.5. The minimum absolute atomic E-state index is 0.0843. The molecule has 0 bridgehead atoms. The van der Waals surface area contributed by atoms with Crippen LogP contribution in [0.5, 0.6) is 0 Å². The first kappa shape index (κ1) is 12.1. The smallest absolute Gasteiger partial charge is 0.278 e. The van der Waals surface area contributed by atoms with Crippen LogP contribution in [0.4, 0.5) is 0 Å². The van der Waals surface area contributed by atoms with E-state index >= 15 is 0 Å². The summed E-state index contributed by atoms with van der Waals surface area (Å²) >= 11 is 0. The van der Waals surface area contributed by atoms with Gasteiger partial charge in [-0.1, -0.05) is 19.9 Å². The summed E-state index contributed by atoms with van der Waals surface area (Å²) in [5, 5.41) is 2.79. The summed E-state index contributed by atoms with van der Waals surface area (Å²) in [6.07, 6.45) is 4.43. The fourth-order valence-corrected chi connectivity index (χ4v) is 2.36. The van der Waals surface area contributed by atoms with Crippen LogP contribution in [0.1, 0.15) is 37.4 Å². The van der Waals surface area contributed by atoms with Crippen molar-refractivity contribution in [3.8, 4) is 0 Å². The first-order chi connectivity index (χ1) is 9.18. The predicted octanol–water partition coefficient (Wildman–Crippen LogP) is 1.34. The lowest BCUT2D eigenvalue weighted by atomic mass is 9.97. The van der Waals surface area contributed by atoms with Gasteiger partial charge in [0.1, 0.15) is 6.33 Å². The summed E-state index contributed by atoms with van der Waals surface area (Å²) in [4.78, 5) is 21.1. The highest BCUT2D eigenvalue weighted by Crippen LogP contribution is 2.24. The fraction of sp³-hybridized carbons (Fsp3) is 0.462. The van der Waals surface area contributed by atoms with Crippen LogP contribution in [0.3, 0.4) is 0 Å². The molecular weight excluding hydrogens is 244 g/mol. The number of hydrogen-bond donors (Lipinski definition) is 1. The standard InChI is InChI=1S/C13H16N4O2/c1-8(2)10-11(9-4-3-5-19-6-9)16-13-14-7-15-17(13)12(10)18/h4,7-8H,3,5-6H2,1-2H3,(H,14,15,16). The number of aromatic amines is 1. The molecule has 2 aromatic rings. The van der Waals surface area contributed by atoms with Crippen LogP contribution in [0, 0.1) is 0 Å². The quantitative estimate of drug-likeness (QED) is 0.884. The molecule has 6 nitrogen and oxygen atoms in total. The van der Waals surface area contributed by atoms with Crippen molar-refractivity contribution in [3.63, 3.8) is 0 Å². The molecule has 1 N–H and O–H groups in total. The Labute approximate surface area is 110 Å². The number of rotatable bonds is 2. The second kappa shape index (κ2) is 4.62. The Balaban J connectivity index is 2.29. The molecule has 1 aliphatic rings. The monoisotopic (exact) mass is 260 g/mol. The van der Waals surface area contributed by atoms with Gasteiger partial charge in [0, 0.05) is 11.1 Å². The van der Waals surface area contributed by atoms with Gasteiger partial charge in [-0.05, 0) is 12.3 Å². The number of nitrogens with one attached hydrogen (secondary N) is 1. The largest absolute Gasteiger partial charge is 0.376 e. The van der Waals surface area contributed by atoms with Crippen LogP contribution in [0.25, 0.3) is 11.4 Å². The van der Waals surface area contributed by atoms with Gasteiger partial charge < -0.3 is 4.74 Å². The molecule has 0 spiro atoms. The molecule has 19 heavy (non-hydrogen) atoms. The summed E-state index contributed by atoms with van der Waals surface area (Å²) in [5.74, 6) is 0.494. The van der Waals surface area contributed by atoms with Gasteiger partial charge in [-0.15, -0.1) is 0 Å². The fourth-order valence-electron chi connectivity index (χ4n) is 2.36. The molecule has 0 fully saturated rings. The topological polar surface area (TPSA) is 72.3 Å². The molecule has 0 radical (unpaired) electrons. The van der Waals surface area contributed by atoms with Gasteiger partial charge in [0.25, 0.3) is 11.3 Å². The Morgan fingerprint density at radius 1 is 1.47 bits per heavy atom. The van der Waals surface area contributed by atoms with Crippen molar-refractivity contribution in [3.05, 3.63) is 34.0 Å². The highest BCUT2D eigenvalue weighted by Gasteiger charge is 2.20. The zero-order valence-corrected chi connectivity index (χ0v) is 11.0. The van der Waals surface area contributed by atoms with Crippen molar-refractivity contribution in [2.24, 2.45) is 0 Å². The number of H-pyrrole nitrogens is 1. The molecule has 0 aromatic carbocycles. The Morgan fingerprint density at radius 2 is 2.32 bits per heavy atom. The maximum atomic E-state index is 12.5. The van der Waals surface area contributed by atoms with Crippen molar-refractivity contribution in [2.45, 2.75) is 26.2 Å². The summed E-state index contributed by atoms with van der Waals surface area (Å²) < 4.78 is 6.84. The molecule has 0 saturated carbocycles. The number of hydrogen-bond acceptors (Lipinski definition) is 4. The van der Waals surface area contributed by atoms with Crippen molar-refractivity contribution in [1.82, 2.24) is 19.6 Å². The number of aromatic nitrogens is 4. The van der Waals surface area contributed by atoms with Gasteiger partial charge in [-0.2, -0.15) is 4.52 Å². The molecule has 0 unspecified atom stereocenters. The van der Waals surface area contributed by atoms with Crippen LogP contribution >= 0.6 is 0 Å². The molecule has 1 aliphatic heterocycles. The molecule has 3 heterocycles. The number of nitrogens with zero attached hydrogens (tertiary/aromatic N) is 3. The summed E-state index contributed by atoms with van der Waals surface area (Å²) in [6, 6.07) is 0. The van der Waals surface area contributed by atoms with E-state index in [0.29, 0.717) is 17.9 Å². The average molecular weight is 260 g/mol. The van der Waals surface area contributed by atoms with Crippen molar-refractivity contribution >= 4 is 11.4 Å². The molecule has 0 amide bonds. The van der Waals surface area contributed by atoms with Crippen LogP contribution < -0.4 is 5.56 Å². The lowest BCUT2D eigenvalue weighted by Crippen LogP contribution is -2.24. The van der Waals surface area contributed by atoms with Gasteiger partial charge in [-0.25, -0.2) is 9.97 Å². The van der Waals surface area contributed by atoms with Crippen LogP contribution in [0.15, 0.2) is 17.2 Å². The third-order valence-electron chi connectivity index (χ3n) is 3.26. The van der Waals surface area contributed by atoms with Crippen LogP contribution in [-0.4, -0.2) is 32.8 Å². The van der Waals surface area contributed by atoms with E-state index in [-0.39, 0.29) is 11.5 Å². The van der Waals surface area contributed by atoms with Gasteiger partial charge in [0.15, 0.2) is 0 Å². The molecular formula is C13H16N4O2. The average Bonchev–Trinajstić information content (AvgIpc) is 2.87. The lowest BCUT2D eigenvalue weighted by molar-refractivity contribution is 0.164. The van der Waals surface area contributed by atoms with Gasteiger partial charge in [0.2, 0.25) is 0 Å². The van der Waals surface area contributed by atoms with E-state index in [1.165, 1.54) is 10.8 Å². The molecule has 6 heteroatoms. The first-order valence-electron chi connectivity index (χ1n) is 6.41. The Hall–Kier alpha value is -1.95. The van der Waals surface area contributed by atoms with Gasteiger partial charge in [0.05, 0.1) is 18.9 Å². The molecule has 2 aromatic heterocycles. The normalized spacial score (nSPS) is 16.1. The second-order valence-electron chi connectivity index (χ2n) is 4.93. The highest BCUT2D eigenvalue weighted by molar-refractivity contribution is 5.67. The Kier molecular flexibility index (Phi) is 2.94. The Bertz CT molecular complexity index is 696. The third kappa shape index (κ3) is 1.98. The molecule has 0 saturated heterocycles. The lowest BCUT2D eigenvalue weighted by Gasteiger charge is -2.17. The minimum atomic E-state index is -0.0843. The number of fused-ring (bicyclic) bond motifs is 1. The molecule has 0 aliphatic carbocycles. The van der Waals surface area contributed by atoms with Gasteiger partial charge >= 0.3 is 0 Å². The number of ether oxygens (including phenoxy) is 1. The third-order valence-corrected chi connectivity index (χ3v) is 3.26. The maximum absolute atomic E-state index is 12.5. The first-order valence-corrected chi connectivity index (χ1v) is 6.41. The van der Waals surface area contributed by atoms with Gasteiger partial charge in [-0.3, -0.25) is 9.89 Å². The zero-order chi connectivity index (χ0) is 13.4. The summed E-state index contributed by atoms with van der Waals surface area (Å²) in [7, 11) is 0. The maximum Gasteiger partial charge on any atom is 0.278 e. The Morgan fingerprint density at radius 3 is 3.00 bits per heavy atom. The molecule has 3 rings (SSSR count). The molecule has 100 valence electrons. The van der Waals surface area contributed by atoms with Crippen molar-refractivity contribution < 1.29 is 4.74 Å². The van der Waals surface area contributed by atoms with E-state index in [0.717, 1.165) is 24.3 Å². The summed E-state index contributed by atoms with van der Waals surface area (Å²) in [5.41, 5.74) is 2.34. The van der Waals surface area contributed by atoms with Crippen molar-refractivity contribution in [1.29, 1.82) is 0 Å². The van der Waals surface area contributed by atoms with E-state index in [4.69, 9.17) is 4.74 Å². The van der Waals surface area contributed by atoms with E-state index in [1.54, 1.807) is 0 Å². The van der Waals surface area contributed by atoms with E-state index in [1.807, 2.05) is 13.8 Å². The van der Waals surface area contributed by atoms with E-state index < -0.39 is 0 Å². The van der Waals surface area contributed by atoms with E-state index in [2.05, 4.69) is 21.1 Å². The van der Waals surface area contributed by atoms with Crippen LogP contribution in [0.2, 0.25) is 0 Å². The SMILES string of the molecule is CC(C)c1c(C2=CCCOC2)nc2nc[nH]n2c1=O. The van der Waals surface area contributed by atoms with E-state index in [9.17, 15) is 4.79 Å². The molecule has 0 atom stereocenters. The van der Waals surface area contributed by atoms with Crippen LogP contribution in [-0.2, 0) is 4.74 Å². The van der Waals surface area contributed by atoms with Crippen molar-refractivity contribution in [2.75, 3.05) is 13.2 Å². The minimum Gasteiger partial charge on any atom is -0.376 e. The zero-order valence-electron chi connectivity index (χ0n) is 11.0.